The summed E-state index contributed by atoms with van der Waals surface area (Å²) >= 11 is 6.43. The first-order chi connectivity index (χ1) is 16.8. The Morgan fingerprint density at radius 3 is 2.54 bits per heavy atom. The molecule has 0 saturated carbocycles. The molecular weight excluding hydrogens is 473 g/mol. The number of carbonyl (C=O) groups is 2. The highest BCUT2D eigenvalue weighted by Gasteiger charge is 2.43. The van der Waals surface area contributed by atoms with Crippen LogP contribution in [-0.4, -0.2) is 32.6 Å². The van der Waals surface area contributed by atoms with Crippen molar-refractivity contribution < 1.29 is 28.2 Å². The SMILES string of the molecule is CCOC(=O)C1=C(C)NC2=C(C(=O)C[C@@H](c3ccc(OC)c(OC)c3)C2)[C@@H]1c1c(F)cccc1Cl. The highest BCUT2D eigenvalue weighted by molar-refractivity contribution is 6.31. The molecule has 0 saturated heterocycles. The number of methoxy groups -OCH3 is 2. The van der Waals surface area contributed by atoms with Gasteiger partial charge in [0, 0.05) is 34.0 Å². The maximum Gasteiger partial charge on any atom is 0.336 e. The summed E-state index contributed by atoms with van der Waals surface area (Å²) in [6.07, 6.45) is 0.681. The maximum atomic E-state index is 15.1. The van der Waals surface area contributed by atoms with Crippen molar-refractivity contribution in [3.8, 4) is 11.5 Å². The van der Waals surface area contributed by atoms with Crippen LogP contribution < -0.4 is 14.8 Å². The number of dihydropyridines is 1. The quantitative estimate of drug-likeness (QED) is 0.535. The minimum absolute atomic E-state index is 0.100. The number of halogens is 2. The summed E-state index contributed by atoms with van der Waals surface area (Å²) in [6.45, 7) is 3.57. The van der Waals surface area contributed by atoms with E-state index in [1.807, 2.05) is 18.2 Å². The third-order valence-electron chi connectivity index (χ3n) is 6.49. The predicted octanol–water partition coefficient (Wildman–Crippen LogP) is 5.42. The van der Waals surface area contributed by atoms with Gasteiger partial charge in [0.25, 0.3) is 0 Å². The number of esters is 1. The van der Waals surface area contributed by atoms with Gasteiger partial charge in [-0.25, -0.2) is 9.18 Å². The lowest BCUT2D eigenvalue weighted by Gasteiger charge is -2.37. The Bertz CT molecular complexity index is 1230. The highest BCUT2D eigenvalue weighted by Crippen LogP contribution is 2.48. The number of benzene rings is 2. The second-order valence-electron chi connectivity index (χ2n) is 8.49. The molecule has 4 rings (SSSR count). The zero-order valence-corrected chi connectivity index (χ0v) is 20.8. The maximum absolute atomic E-state index is 15.1. The topological polar surface area (TPSA) is 73.9 Å². The van der Waals surface area contributed by atoms with Gasteiger partial charge < -0.3 is 19.5 Å². The minimum Gasteiger partial charge on any atom is -0.493 e. The molecule has 2 aromatic carbocycles. The van der Waals surface area contributed by atoms with Gasteiger partial charge in [-0.1, -0.05) is 23.7 Å². The first kappa shape index (κ1) is 24.8. The van der Waals surface area contributed by atoms with E-state index in [1.165, 1.54) is 12.1 Å². The Labute approximate surface area is 208 Å². The summed E-state index contributed by atoms with van der Waals surface area (Å²) in [6, 6.07) is 9.91. The number of rotatable bonds is 6. The van der Waals surface area contributed by atoms with Gasteiger partial charge in [0.05, 0.1) is 32.3 Å². The first-order valence-corrected chi connectivity index (χ1v) is 11.7. The average molecular weight is 500 g/mol. The number of ketones is 1. The summed E-state index contributed by atoms with van der Waals surface area (Å²) in [5, 5.41) is 3.39. The molecule has 184 valence electrons. The van der Waals surface area contributed by atoms with Gasteiger partial charge in [0.15, 0.2) is 17.3 Å². The second kappa shape index (κ2) is 10.1. The number of ether oxygens (including phenoxy) is 3. The van der Waals surface area contributed by atoms with Crippen LogP contribution in [0.2, 0.25) is 5.02 Å². The molecular formula is C27H27ClFNO5. The van der Waals surface area contributed by atoms with Crippen LogP contribution in [0.5, 0.6) is 11.5 Å². The molecule has 2 atom stereocenters. The molecule has 0 bridgehead atoms. The van der Waals surface area contributed by atoms with E-state index in [-0.39, 0.29) is 40.9 Å². The molecule has 6 nitrogen and oxygen atoms in total. The third kappa shape index (κ3) is 4.52. The molecule has 0 radical (unpaired) electrons. The number of hydrogen-bond acceptors (Lipinski definition) is 6. The summed E-state index contributed by atoms with van der Waals surface area (Å²) in [7, 11) is 3.12. The fourth-order valence-corrected chi connectivity index (χ4v) is 5.21. The standard InChI is InChI=1S/C27H27ClFNO5/c1-5-35-27(32)23-14(2)30-19-11-16(15-9-10-21(33-3)22(13-15)34-4)12-20(31)25(19)26(23)24-17(28)7-6-8-18(24)29/h6-10,13,16,26,30H,5,11-12H2,1-4H3/t16-,26-/m0/s1. The summed E-state index contributed by atoms with van der Waals surface area (Å²) < 4.78 is 31.2. The van der Waals surface area contributed by atoms with E-state index in [2.05, 4.69) is 5.32 Å². The Hall–Kier alpha value is -3.32. The number of hydrogen-bond donors (Lipinski definition) is 1. The van der Waals surface area contributed by atoms with Gasteiger partial charge in [0.1, 0.15) is 5.82 Å². The molecule has 2 aliphatic rings. The van der Waals surface area contributed by atoms with Crippen molar-refractivity contribution in [2.24, 2.45) is 0 Å². The molecule has 8 heteroatoms. The highest BCUT2D eigenvalue weighted by atomic mass is 35.5. The van der Waals surface area contributed by atoms with Crippen LogP contribution in [0, 0.1) is 5.82 Å². The summed E-state index contributed by atoms with van der Waals surface area (Å²) in [5.74, 6) is -1.30. The number of allylic oxidation sites excluding steroid dienone is 3. The Morgan fingerprint density at radius 1 is 1.14 bits per heavy atom. The van der Waals surface area contributed by atoms with Crippen molar-refractivity contribution in [3.05, 3.63) is 80.9 Å². The molecule has 1 N–H and O–H groups in total. The number of Topliss-reactive ketones (excluding diaryl/α,β-unsaturated/α-hetero) is 1. The smallest absolute Gasteiger partial charge is 0.336 e. The molecule has 1 heterocycles. The van der Waals surface area contributed by atoms with Gasteiger partial charge in [-0.15, -0.1) is 0 Å². The van der Waals surface area contributed by atoms with Gasteiger partial charge in [-0.05, 0) is 56.0 Å². The van der Waals surface area contributed by atoms with E-state index in [4.69, 9.17) is 25.8 Å². The van der Waals surface area contributed by atoms with Crippen molar-refractivity contribution in [2.75, 3.05) is 20.8 Å². The van der Waals surface area contributed by atoms with Gasteiger partial charge in [-0.3, -0.25) is 4.79 Å². The van der Waals surface area contributed by atoms with Crippen molar-refractivity contribution in [2.45, 2.75) is 38.5 Å². The van der Waals surface area contributed by atoms with E-state index in [0.717, 1.165) is 5.56 Å². The van der Waals surface area contributed by atoms with Gasteiger partial charge >= 0.3 is 5.97 Å². The largest absolute Gasteiger partial charge is 0.493 e. The lowest BCUT2D eigenvalue weighted by atomic mass is 9.71. The van der Waals surface area contributed by atoms with Crippen molar-refractivity contribution in [1.82, 2.24) is 5.32 Å². The number of nitrogens with one attached hydrogen (secondary N) is 1. The van der Waals surface area contributed by atoms with E-state index in [9.17, 15) is 9.59 Å². The molecule has 1 aliphatic carbocycles. The molecule has 0 unspecified atom stereocenters. The lowest BCUT2D eigenvalue weighted by molar-refractivity contribution is -0.138. The van der Waals surface area contributed by atoms with Crippen LogP contribution in [0.1, 0.15) is 49.7 Å². The molecule has 1 aliphatic heterocycles. The lowest BCUT2D eigenvalue weighted by Crippen LogP contribution is -2.36. The van der Waals surface area contributed by atoms with Crippen LogP contribution in [0.15, 0.2) is 58.9 Å². The first-order valence-electron chi connectivity index (χ1n) is 11.4. The van der Waals surface area contributed by atoms with Gasteiger partial charge in [0.2, 0.25) is 0 Å². The van der Waals surface area contributed by atoms with Crippen molar-refractivity contribution in [1.29, 1.82) is 0 Å². The Balaban J connectivity index is 1.82. The van der Waals surface area contributed by atoms with Crippen LogP contribution in [0.25, 0.3) is 0 Å². The molecule has 0 aromatic heterocycles. The fraction of sp³-hybridized carbons (Fsp3) is 0.333. The van der Waals surface area contributed by atoms with Crippen LogP contribution >= 0.6 is 11.6 Å². The van der Waals surface area contributed by atoms with Crippen LogP contribution in [-0.2, 0) is 14.3 Å². The summed E-state index contributed by atoms with van der Waals surface area (Å²) in [5.41, 5.74) is 2.72. The van der Waals surface area contributed by atoms with Crippen LogP contribution in [0.3, 0.4) is 0 Å². The molecule has 35 heavy (non-hydrogen) atoms. The molecule has 0 amide bonds. The number of carbonyl (C=O) groups excluding carboxylic acids is 2. The van der Waals surface area contributed by atoms with Gasteiger partial charge in [-0.2, -0.15) is 0 Å². The van der Waals surface area contributed by atoms with Crippen molar-refractivity contribution >= 4 is 23.4 Å². The summed E-state index contributed by atoms with van der Waals surface area (Å²) in [4.78, 5) is 26.6. The molecule has 0 fully saturated rings. The van der Waals surface area contributed by atoms with E-state index in [1.54, 1.807) is 34.1 Å². The normalized spacial score (nSPS) is 19.8. The molecule has 0 spiro atoms. The Morgan fingerprint density at radius 2 is 1.89 bits per heavy atom. The monoisotopic (exact) mass is 499 g/mol. The third-order valence-corrected chi connectivity index (χ3v) is 6.82. The Kier molecular flexibility index (Phi) is 7.17. The van der Waals surface area contributed by atoms with Crippen molar-refractivity contribution in [3.63, 3.8) is 0 Å². The van der Waals surface area contributed by atoms with Crippen LogP contribution in [0.4, 0.5) is 4.39 Å². The van der Waals surface area contributed by atoms with E-state index >= 15 is 4.39 Å². The van der Waals surface area contributed by atoms with E-state index in [0.29, 0.717) is 34.9 Å². The molecule has 2 aromatic rings. The predicted molar refractivity (Wildman–Crippen MR) is 130 cm³/mol. The minimum atomic E-state index is -0.960. The average Bonchev–Trinajstić information content (AvgIpc) is 2.83. The zero-order chi connectivity index (χ0) is 25.3. The fourth-order valence-electron chi connectivity index (χ4n) is 4.94. The second-order valence-corrected chi connectivity index (χ2v) is 8.89. The zero-order valence-electron chi connectivity index (χ0n) is 20.0. The van der Waals surface area contributed by atoms with E-state index < -0.39 is 17.7 Å².